The molecule has 1 aromatic carbocycles. The quantitative estimate of drug-likeness (QED) is 0.478. The molecule has 2 N–H and O–H groups in total. The van der Waals surface area contributed by atoms with Crippen molar-refractivity contribution >= 4 is 27.7 Å². The van der Waals surface area contributed by atoms with E-state index in [1.807, 2.05) is 20.8 Å². The number of nitrogens with zero attached hydrogens (tertiary/aromatic N) is 1. The first-order chi connectivity index (χ1) is 15.5. The summed E-state index contributed by atoms with van der Waals surface area (Å²) in [6.07, 6.45) is 5.49. The van der Waals surface area contributed by atoms with E-state index in [2.05, 4.69) is 17.6 Å². The molecular weight excluding hydrogens is 442 g/mol. The van der Waals surface area contributed by atoms with Crippen molar-refractivity contribution in [2.75, 3.05) is 25.0 Å². The van der Waals surface area contributed by atoms with Crippen molar-refractivity contribution in [2.24, 2.45) is 5.92 Å². The molecule has 1 heterocycles. The second-order valence-electron chi connectivity index (χ2n) is 9.61. The summed E-state index contributed by atoms with van der Waals surface area (Å²) in [5.41, 5.74) is 0.0514. The number of hydrogen-bond acceptors (Lipinski definition) is 5. The van der Waals surface area contributed by atoms with Crippen molar-refractivity contribution < 1.29 is 22.7 Å². The number of nitrogens with one attached hydrogen (secondary N) is 2. The summed E-state index contributed by atoms with van der Waals surface area (Å²) in [4.78, 5) is 24.1. The Kier molecular flexibility index (Phi) is 10.2. The molecule has 1 aliphatic rings. The number of benzene rings is 1. The smallest absolute Gasteiger partial charge is 0.407 e. The Labute approximate surface area is 198 Å². The van der Waals surface area contributed by atoms with Crippen molar-refractivity contribution in [1.29, 1.82) is 0 Å². The lowest BCUT2D eigenvalue weighted by atomic mass is 9.98. The molecule has 1 aromatic rings. The van der Waals surface area contributed by atoms with E-state index < -0.39 is 21.7 Å². The number of unbranched alkanes of at least 4 members (excludes halogenated alkanes) is 3. The Bertz CT molecular complexity index is 870. The van der Waals surface area contributed by atoms with E-state index in [-0.39, 0.29) is 16.7 Å². The fraction of sp³-hybridized carbons (Fsp3) is 0.667. The number of anilines is 1. The van der Waals surface area contributed by atoms with Gasteiger partial charge in [-0.25, -0.2) is 13.2 Å². The van der Waals surface area contributed by atoms with Crippen LogP contribution >= 0.6 is 0 Å². The molecule has 0 saturated carbocycles. The maximum atomic E-state index is 13.0. The maximum Gasteiger partial charge on any atom is 0.407 e. The molecule has 9 heteroatoms. The molecule has 2 rings (SSSR count). The van der Waals surface area contributed by atoms with Gasteiger partial charge in [0.1, 0.15) is 5.60 Å². The SMILES string of the molecule is CCCCCCC(=O)Nc1ccc(S(=O)(=O)N2CCC(CNC(=O)OC(C)(C)C)CC2)cc1. The van der Waals surface area contributed by atoms with Crippen LogP contribution in [0.15, 0.2) is 29.2 Å². The molecule has 0 spiro atoms. The van der Waals surface area contributed by atoms with E-state index >= 15 is 0 Å². The fourth-order valence-electron chi connectivity index (χ4n) is 3.69. The average molecular weight is 482 g/mol. The van der Waals surface area contributed by atoms with Gasteiger partial charge in [-0.2, -0.15) is 4.31 Å². The number of amides is 2. The number of carbonyl (C=O) groups excluding carboxylic acids is 2. The summed E-state index contributed by atoms with van der Waals surface area (Å²) in [6.45, 7) is 8.83. The lowest BCUT2D eigenvalue weighted by Gasteiger charge is -2.31. The number of hydrogen-bond donors (Lipinski definition) is 2. The van der Waals surface area contributed by atoms with Crippen molar-refractivity contribution in [3.63, 3.8) is 0 Å². The van der Waals surface area contributed by atoms with Gasteiger partial charge >= 0.3 is 6.09 Å². The van der Waals surface area contributed by atoms with E-state index in [4.69, 9.17) is 4.74 Å². The first-order valence-corrected chi connectivity index (χ1v) is 13.3. The largest absolute Gasteiger partial charge is 0.444 e. The highest BCUT2D eigenvalue weighted by Crippen LogP contribution is 2.24. The Morgan fingerprint density at radius 2 is 1.70 bits per heavy atom. The second kappa shape index (κ2) is 12.4. The Morgan fingerprint density at radius 1 is 1.06 bits per heavy atom. The highest BCUT2D eigenvalue weighted by Gasteiger charge is 2.29. The highest BCUT2D eigenvalue weighted by molar-refractivity contribution is 7.89. The summed E-state index contributed by atoms with van der Waals surface area (Å²) >= 11 is 0. The number of piperidine rings is 1. The summed E-state index contributed by atoms with van der Waals surface area (Å²) in [7, 11) is -3.60. The molecule has 0 unspecified atom stereocenters. The van der Waals surface area contributed by atoms with Gasteiger partial charge in [0.25, 0.3) is 0 Å². The van der Waals surface area contributed by atoms with Crippen LogP contribution in [0.1, 0.15) is 72.6 Å². The van der Waals surface area contributed by atoms with E-state index in [9.17, 15) is 18.0 Å². The van der Waals surface area contributed by atoms with Crippen molar-refractivity contribution in [1.82, 2.24) is 9.62 Å². The first-order valence-electron chi connectivity index (χ1n) is 11.9. The van der Waals surface area contributed by atoms with E-state index in [0.717, 1.165) is 25.7 Å². The number of sulfonamides is 1. The lowest BCUT2D eigenvalue weighted by Crippen LogP contribution is -2.42. The third-order valence-electron chi connectivity index (χ3n) is 5.54. The number of alkyl carbamates (subject to hydrolysis) is 1. The van der Waals surface area contributed by atoms with Crippen molar-refractivity contribution in [3.8, 4) is 0 Å². The number of rotatable bonds is 10. The van der Waals surface area contributed by atoms with Crippen LogP contribution in [0.5, 0.6) is 0 Å². The molecule has 1 aliphatic heterocycles. The third-order valence-corrected chi connectivity index (χ3v) is 7.45. The summed E-state index contributed by atoms with van der Waals surface area (Å²) in [5, 5.41) is 5.60. The molecule has 8 nitrogen and oxygen atoms in total. The van der Waals surface area contributed by atoms with Gasteiger partial charge in [-0.1, -0.05) is 26.2 Å². The molecule has 33 heavy (non-hydrogen) atoms. The highest BCUT2D eigenvalue weighted by atomic mass is 32.2. The van der Waals surface area contributed by atoms with Crippen LogP contribution in [0.3, 0.4) is 0 Å². The number of carbonyl (C=O) groups is 2. The molecule has 2 amide bonds. The normalized spacial score (nSPS) is 15.8. The van der Waals surface area contributed by atoms with Gasteiger partial charge in [0.05, 0.1) is 4.90 Å². The predicted octanol–water partition coefficient (Wildman–Crippen LogP) is 4.52. The van der Waals surface area contributed by atoms with E-state index in [1.54, 1.807) is 12.1 Å². The van der Waals surface area contributed by atoms with E-state index in [1.165, 1.54) is 16.4 Å². The minimum absolute atomic E-state index is 0.0521. The molecule has 0 atom stereocenters. The molecule has 0 radical (unpaired) electrons. The molecule has 186 valence electrons. The topological polar surface area (TPSA) is 105 Å². The van der Waals surface area contributed by atoms with Crippen LogP contribution < -0.4 is 10.6 Å². The Morgan fingerprint density at radius 3 is 2.27 bits per heavy atom. The molecule has 0 bridgehead atoms. The fourth-order valence-corrected chi connectivity index (χ4v) is 5.16. The molecule has 0 aliphatic carbocycles. The van der Waals surface area contributed by atoms with Crippen molar-refractivity contribution in [2.45, 2.75) is 83.1 Å². The molecule has 0 aromatic heterocycles. The maximum absolute atomic E-state index is 13.0. The van der Waals surface area contributed by atoms with Gasteiger partial charge in [0, 0.05) is 31.7 Å². The van der Waals surface area contributed by atoms with Crippen molar-refractivity contribution in [3.05, 3.63) is 24.3 Å². The second-order valence-corrected chi connectivity index (χ2v) is 11.6. The zero-order chi connectivity index (χ0) is 24.5. The van der Waals surface area contributed by atoms with Crippen LogP contribution in [0.4, 0.5) is 10.5 Å². The molecule has 1 fully saturated rings. The van der Waals surface area contributed by atoms with Crippen LogP contribution in [0.25, 0.3) is 0 Å². The monoisotopic (exact) mass is 481 g/mol. The summed E-state index contributed by atoms with van der Waals surface area (Å²) in [5.74, 6) is 0.155. The Balaban J connectivity index is 1.82. The summed E-state index contributed by atoms with van der Waals surface area (Å²) in [6, 6.07) is 6.35. The Hall–Kier alpha value is -2.13. The van der Waals surface area contributed by atoms with Crippen LogP contribution in [0.2, 0.25) is 0 Å². The van der Waals surface area contributed by atoms with Gasteiger partial charge in [-0.05, 0) is 70.2 Å². The van der Waals surface area contributed by atoms with Gasteiger partial charge in [-0.15, -0.1) is 0 Å². The zero-order valence-corrected chi connectivity index (χ0v) is 21.2. The van der Waals surface area contributed by atoms with E-state index in [0.29, 0.717) is 44.6 Å². The lowest BCUT2D eigenvalue weighted by molar-refractivity contribution is -0.116. The molecular formula is C24H39N3O5S. The van der Waals surface area contributed by atoms with Crippen LogP contribution in [-0.4, -0.2) is 50.0 Å². The molecule has 1 saturated heterocycles. The third kappa shape index (κ3) is 9.33. The van der Waals surface area contributed by atoms with Gasteiger partial charge in [0.15, 0.2) is 0 Å². The van der Waals surface area contributed by atoms with Crippen LogP contribution in [0, 0.1) is 5.92 Å². The minimum atomic E-state index is -3.60. The van der Waals surface area contributed by atoms with Crippen LogP contribution in [-0.2, 0) is 19.6 Å². The predicted molar refractivity (Wildman–Crippen MR) is 130 cm³/mol. The average Bonchev–Trinajstić information content (AvgIpc) is 2.75. The van der Waals surface area contributed by atoms with Gasteiger partial charge in [-0.3, -0.25) is 4.79 Å². The van der Waals surface area contributed by atoms with Gasteiger partial charge in [0.2, 0.25) is 15.9 Å². The minimum Gasteiger partial charge on any atom is -0.444 e. The van der Waals surface area contributed by atoms with Gasteiger partial charge < -0.3 is 15.4 Å². The summed E-state index contributed by atoms with van der Waals surface area (Å²) < 4.78 is 32.7. The first kappa shape index (κ1) is 27.1. The standard InChI is InChI=1S/C24H39N3O5S/c1-5-6-7-8-9-22(28)26-20-10-12-21(13-11-20)33(30,31)27-16-14-19(15-17-27)18-25-23(29)32-24(2,3)4/h10-13,19H,5-9,14-18H2,1-4H3,(H,25,29)(H,26,28). The zero-order valence-electron chi connectivity index (χ0n) is 20.4. The number of ether oxygens (including phenoxy) is 1.